The zero-order valence-electron chi connectivity index (χ0n) is 16.7. The van der Waals surface area contributed by atoms with Crippen LogP contribution in [0.2, 0.25) is 0 Å². The Labute approximate surface area is 173 Å². The number of hydrogen-bond acceptors (Lipinski definition) is 3. The molecule has 2 rings (SSSR count). The van der Waals surface area contributed by atoms with Gasteiger partial charge in [0, 0.05) is 11.1 Å². The summed E-state index contributed by atoms with van der Waals surface area (Å²) in [6, 6.07) is 16.2. The first-order valence-corrected chi connectivity index (χ1v) is 12.3. The summed E-state index contributed by atoms with van der Waals surface area (Å²) in [5.74, 6) is 0. The highest BCUT2D eigenvalue weighted by molar-refractivity contribution is 7.85. The normalized spacial score (nSPS) is 12.3. The quantitative estimate of drug-likeness (QED) is 0.472. The van der Waals surface area contributed by atoms with E-state index in [0.29, 0.717) is 0 Å². The van der Waals surface area contributed by atoms with Crippen molar-refractivity contribution in [3.8, 4) is 0 Å². The molecule has 0 unspecified atom stereocenters. The van der Waals surface area contributed by atoms with Gasteiger partial charge in [-0.2, -0.15) is 0 Å². The molecular formula is C21H28FIO3S. The molecule has 0 saturated carbocycles. The first-order chi connectivity index (χ1) is 12.3. The van der Waals surface area contributed by atoms with Crippen LogP contribution in [0.5, 0.6) is 0 Å². The molecule has 0 spiro atoms. The van der Waals surface area contributed by atoms with Crippen molar-refractivity contribution < 1.29 is 38.6 Å². The molecule has 2 aromatic carbocycles. The van der Waals surface area contributed by atoms with Crippen LogP contribution in [0, 0.1) is 7.14 Å². The second-order valence-electron chi connectivity index (χ2n) is 8.22. The molecule has 0 N–H and O–H groups in total. The molecule has 0 fully saturated rings. The van der Waals surface area contributed by atoms with Gasteiger partial charge in [-0.05, 0) is 23.0 Å². The molecule has 3 nitrogen and oxygen atoms in total. The van der Waals surface area contributed by atoms with E-state index in [-0.39, 0.29) is 32.0 Å². The molecule has 0 aliphatic heterocycles. The van der Waals surface area contributed by atoms with Crippen LogP contribution in [0.3, 0.4) is 0 Å². The summed E-state index contributed by atoms with van der Waals surface area (Å²) in [5.41, 5.74) is 3.43. The number of hydrogen-bond donors (Lipinski definition) is 0. The van der Waals surface area contributed by atoms with Gasteiger partial charge in [-0.15, -0.1) is 0 Å². The molecule has 0 aliphatic carbocycles. The smallest absolute Gasteiger partial charge is 0.358 e. The second kappa shape index (κ2) is 9.47. The molecule has 0 heterocycles. The van der Waals surface area contributed by atoms with Gasteiger partial charge < -0.3 is 4.55 Å². The topological polar surface area (TPSA) is 57.2 Å². The summed E-state index contributed by atoms with van der Waals surface area (Å²) in [5, 5.41) is 0. The van der Waals surface area contributed by atoms with Gasteiger partial charge in [0.25, 0.3) is 0 Å². The molecule has 27 heavy (non-hydrogen) atoms. The highest BCUT2D eigenvalue weighted by atomic mass is 127. The fourth-order valence-electron chi connectivity index (χ4n) is 2.41. The van der Waals surface area contributed by atoms with Crippen molar-refractivity contribution >= 4 is 10.1 Å². The molecule has 0 aromatic heterocycles. The van der Waals surface area contributed by atoms with E-state index in [1.807, 2.05) is 0 Å². The highest BCUT2D eigenvalue weighted by Gasteiger charge is 2.30. The molecule has 6 heteroatoms. The predicted molar refractivity (Wildman–Crippen MR) is 103 cm³/mol. The van der Waals surface area contributed by atoms with Gasteiger partial charge in [0.2, 0.25) is 0 Å². The highest BCUT2D eigenvalue weighted by Crippen LogP contribution is 2.23. The van der Waals surface area contributed by atoms with Gasteiger partial charge >= 0.3 is 21.2 Å². The Morgan fingerprint density at radius 2 is 1.11 bits per heavy atom. The van der Waals surface area contributed by atoms with E-state index >= 15 is 0 Å². The fraction of sp³-hybridized carbons (Fsp3) is 0.429. The molecule has 0 bridgehead atoms. The van der Waals surface area contributed by atoms with Crippen molar-refractivity contribution in [1.82, 2.24) is 0 Å². The lowest BCUT2D eigenvalue weighted by Crippen LogP contribution is -3.62. The molecule has 0 aliphatic rings. The predicted octanol–water partition coefficient (Wildman–Crippen LogP) is 1.87. The third-order valence-electron chi connectivity index (χ3n) is 3.70. The molecule has 0 atom stereocenters. The summed E-state index contributed by atoms with van der Waals surface area (Å²) in [4.78, 5) is 0. The van der Waals surface area contributed by atoms with Gasteiger partial charge in [0.15, 0.2) is 13.1 Å². The maximum Gasteiger partial charge on any atom is 0.358 e. The minimum atomic E-state index is -4.58. The van der Waals surface area contributed by atoms with Crippen molar-refractivity contribution in [2.45, 2.75) is 52.4 Å². The van der Waals surface area contributed by atoms with Gasteiger partial charge in [0.1, 0.15) is 10.1 Å². The van der Waals surface area contributed by atoms with Crippen LogP contribution in [-0.2, 0) is 20.9 Å². The Bertz CT molecular complexity index is 795. The van der Waals surface area contributed by atoms with Crippen LogP contribution in [0.15, 0.2) is 48.5 Å². The van der Waals surface area contributed by atoms with E-state index in [0.717, 1.165) is 0 Å². The Morgan fingerprint density at radius 3 is 1.37 bits per heavy atom. The summed E-state index contributed by atoms with van der Waals surface area (Å²) < 4.78 is 40.9. The minimum Gasteiger partial charge on any atom is -0.746 e. The monoisotopic (exact) mass is 506 g/mol. The van der Waals surface area contributed by atoms with Crippen LogP contribution in [0.4, 0.5) is 4.39 Å². The van der Waals surface area contributed by atoms with Crippen molar-refractivity contribution in [1.29, 1.82) is 0 Å². The average Bonchev–Trinajstić information content (AvgIpc) is 2.54. The van der Waals surface area contributed by atoms with Crippen molar-refractivity contribution in [3.63, 3.8) is 0 Å². The third kappa shape index (κ3) is 8.27. The van der Waals surface area contributed by atoms with E-state index < -0.39 is 16.1 Å². The molecule has 0 saturated heterocycles. The summed E-state index contributed by atoms with van der Waals surface area (Å²) >= 11 is -0.147. The molecular weight excluding hydrogens is 478 g/mol. The van der Waals surface area contributed by atoms with E-state index in [2.05, 4.69) is 90.1 Å². The first kappa shape index (κ1) is 24.0. The van der Waals surface area contributed by atoms with Crippen molar-refractivity contribution in [2.24, 2.45) is 0 Å². The van der Waals surface area contributed by atoms with Crippen molar-refractivity contribution in [3.05, 3.63) is 66.8 Å². The summed E-state index contributed by atoms with van der Waals surface area (Å²) in [6.07, 6.45) is 0. The van der Waals surface area contributed by atoms with Crippen LogP contribution in [0.1, 0.15) is 52.7 Å². The van der Waals surface area contributed by atoms with Crippen LogP contribution in [-0.4, -0.2) is 19.0 Å². The largest absolute Gasteiger partial charge is 0.746 e. The number of benzene rings is 2. The van der Waals surface area contributed by atoms with Gasteiger partial charge in [-0.25, -0.2) is 12.8 Å². The maximum absolute atomic E-state index is 10.6. The number of halogens is 2. The van der Waals surface area contributed by atoms with Crippen molar-refractivity contribution in [2.75, 3.05) is 6.01 Å². The number of alkyl halides is 1. The van der Waals surface area contributed by atoms with Gasteiger partial charge in [-0.1, -0.05) is 77.9 Å². The lowest BCUT2D eigenvalue weighted by atomic mass is 9.87. The van der Waals surface area contributed by atoms with Gasteiger partial charge in [-0.3, -0.25) is 0 Å². The first-order valence-electron chi connectivity index (χ1n) is 8.59. The zero-order chi connectivity index (χ0) is 20.9. The van der Waals surface area contributed by atoms with Crippen LogP contribution >= 0.6 is 0 Å². The van der Waals surface area contributed by atoms with Crippen LogP contribution < -0.4 is 21.2 Å². The lowest BCUT2D eigenvalue weighted by molar-refractivity contribution is -0.599. The molecule has 0 amide bonds. The summed E-state index contributed by atoms with van der Waals surface area (Å²) in [6.45, 7) is 13.9. The summed E-state index contributed by atoms with van der Waals surface area (Å²) in [7, 11) is -4.58. The molecule has 150 valence electrons. The minimum absolute atomic E-state index is 0.147. The Kier molecular flexibility index (Phi) is 8.44. The zero-order valence-corrected chi connectivity index (χ0v) is 19.7. The molecule has 2 aromatic rings. The van der Waals surface area contributed by atoms with Crippen LogP contribution in [0.25, 0.3) is 0 Å². The SMILES string of the molecule is CC(C)(C)c1ccccc1[I+]c1ccccc1C(C)(C)C.O=S(=O)([O-])CF. The maximum atomic E-state index is 10.6. The Morgan fingerprint density at radius 1 is 0.815 bits per heavy atom. The fourth-order valence-corrected chi connectivity index (χ4v) is 6.37. The van der Waals surface area contributed by atoms with Gasteiger partial charge in [0.05, 0.1) is 0 Å². The Balaban J connectivity index is 0.000000527. The standard InChI is InChI=1S/C20H26I.CH3FO3S/c1-19(2,3)15-11-7-9-13-17(15)21-18-14-10-8-12-16(18)20(4,5)6;2-1-6(3,4)5/h7-14H,1-6H3;1H2,(H,3,4,5)/q+1;/p-1. The third-order valence-corrected chi connectivity index (χ3v) is 7.01. The number of rotatable bonds is 3. The Hall–Kier alpha value is -0.990. The molecule has 0 radical (unpaired) electrons. The van der Waals surface area contributed by atoms with E-state index in [9.17, 15) is 4.39 Å². The second-order valence-corrected chi connectivity index (χ2v) is 12.4. The van der Waals surface area contributed by atoms with E-state index in [4.69, 9.17) is 13.0 Å². The lowest BCUT2D eigenvalue weighted by Gasteiger charge is -2.20. The average molecular weight is 506 g/mol. The van der Waals surface area contributed by atoms with E-state index in [1.165, 1.54) is 11.1 Å². The van der Waals surface area contributed by atoms with E-state index in [1.54, 1.807) is 7.14 Å².